The van der Waals surface area contributed by atoms with Crippen LogP contribution >= 0.6 is 0 Å². The van der Waals surface area contributed by atoms with Crippen molar-refractivity contribution in [3.63, 3.8) is 0 Å². The Kier molecular flexibility index (Phi) is 3.58. The van der Waals surface area contributed by atoms with Gasteiger partial charge in [0.25, 0.3) is 0 Å². The molecule has 2 N–H and O–H groups in total. The van der Waals surface area contributed by atoms with Gasteiger partial charge in [0.2, 0.25) is 10.0 Å². The normalized spacial score (nSPS) is 25.3. The van der Waals surface area contributed by atoms with Crippen molar-refractivity contribution in [2.75, 3.05) is 20.2 Å². The Morgan fingerprint density at radius 1 is 1.28 bits per heavy atom. The molecule has 7 heteroatoms. The van der Waals surface area contributed by atoms with Crippen molar-refractivity contribution in [1.29, 1.82) is 0 Å². The third-order valence-corrected chi connectivity index (χ3v) is 4.73. The number of aliphatic hydroxyl groups excluding tert-OH is 2. The molecule has 2 rings (SSSR count). The number of nitrogens with zero attached hydrogens (tertiary/aromatic N) is 1. The highest BCUT2D eigenvalue weighted by molar-refractivity contribution is 7.89. The van der Waals surface area contributed by atoms with Crippen LogP contribution in [0.1, 0.15) is 0 Å². The predicted octanol–water partition coefficient (Wildman–Crippen LogP) is -0.579. The van der Waals surface area contributed by atoms with Crippen molar-refractivity contribution in [3.8, 4) is 5.75 Å². The van der Waals surface area contributed by atoms with E-state index < -0.39 is 22.2 Å². The van der Waals surface area contributed by atoms with Crippen molar-refractivity contribution < 1.29 is 23.4 Å². The first kappa shape index (κ1) is 13.3. The zero-order valence-electron chi connectivity index (χ0n) is 9.85. The minimum absolute atomic E-state index is 0.0863. The first-order valence-electron chi connectivity index (χ1n) is 5.45. The fourth-order valence-electron chi connectivity index (χ4n) is 1.84. The molecule has 1 saturated heterocycles. The van der Waals surface area contributed by atoms with Crippen LogP contribution < -0.4 is 4.74 Å². The Hall–Kier alpha value is -1.15. The van der Waals surface area contributed by atoms with E-state index in [1.165, 1.54) is 19.2 Å². The van der Waals surface area contributed by atoms with Gasteiger partial charge in [0.05, 0.1) is 24.2 Å². The quantitative estimate of drug-likeness (QED) is 0.769. The van der Waals surface area contributed by atoms with Crippen LogP contribution in [0.4, 0.5) is 0 Å². The van der Waals surface area contributed by atoms with Crippen LogP contribution in [0.5, 0.6) is 5.75 Å². The lowest BCUT2D eigenvalue weighted by molar-refractivity contribution is 0.0572. The summed E-state index contributed by atoms with van der Waals surface area (Å²) in [7, 11) is -2.25. The maximum atomic E-state index is 12.2. The molecule has 6 nitrogen and oxygen atoms in total. The minimum atomic E-state index is -3.70. The maximum Gasteiger partial charge on any atom is 0.243 e. The summed E-state index contributed by atoms with van der Waals surface area (Å²) in [5.41, 5.74) is 0. The molecule has 0 aliphatic carbocycles. The smallest absolute Gasteiger partial charge is 0.243 e. The largest absolute Gasteiger partial charge is 0.497 e. The lowest BCUT2D eigenvalue weighted by Gasteiger charge is -2.15. The van der Waals surface area contributed by atoms with Gasteiger partial charge in [0, 0.05) is 19.2 Å². The van der Waals surface area contributed by atoms with E-state index in [1.54, 1.807) is 12.1 Å². The van der Waals surface area contributed by atoms with Gasteiger partial charge < -0.3 is 14.9 Å². The number of sulfonamides is 1. The van der Waals surface area contributed by atoms with Gasteiger partial charge in [-0.1, -0.05) is 6.07 Å². The number of ether oxygens (including phenoxy) is 1. The molecule has 18 heavy (non-hydrogen) atoms. The number of hydrogen-bond donors (Lipinski definition) is 2. The van der Waals surface area contributed by atoms with Crippen molar-refractivity contribution in [3.05, 3.63) is 24.3 Å². The molecular weight excluding hydrogens is 258 g/mol. The minimum Gasteiger partial charge on any atom is -0.497 e. The second kappa shape index (κ2) is 4.85. The molecule has 1 heterocycles. The van der Waals surface area contributed by atoms with E-state index in [9.17, 15) is 18.6 Å². The molecule has 1 aromatic carbocycles. The van der Waals surface area contributed by atoms with Gasteiger partial charge in [0.15, 0.2) is 0 Å². The lowest BCUT2D eigenvalue weighted by atomic mass is 10.3. The van der Waals surface area contributed by atoms with Gasteiger partial charge in [-0.15, -0.1) is 0 Å². The Morgan fingerprint density at radius 3 is 2.44 bits per heavy atom. The molecule has 0 bridgehead atoms. The average molecular weight is 273 g/mol. The zero-order chi connectivity index (χ0) is 13.3. The fraction of sp³-hybridized carbons (Fsp3) is 0.455. The van der Waals surface area contributed by atoms with E-state index in [0.29, 0.717) is 5.75 Å². The van der Waals surface area contributed by atoms with Crippen LogP contribution in [0.25, 0.3) is 0 Å². The van der Waals surface area contributed by atoms with E-state index in [0.717, 1.165) is 4.31 Å². The van der Waals surface area contributed by atoms with Crippen molar-refractivity contribution in [2.45, 2.75) is 17.1 Å². The van der Waals surface area contributed by atoms with Gasteiger partial charge in [-0.25, -0.2) is 8.42 Å². The SMILES string of the molecule is COc1cccc(S(=O)(=O)N2C[C@@H](O)[C@@H](O)C2)c1. The third kappa shape index (κ3) is 2.35. The molecule has 100 valence electrons. The van der Waals surface area contributed by atoms with Crippen LogP contribution in [0.3, 0.4) is 0 Å². The average Bonchev–Trinajstić information content (AvgIpc) is 2.70. The second-order valence-corrected chi connectivity index (χ2v) is 6.07. The molecule has 0 unspecified atom stereocenters. The fourth-order valence-corrected chi connectivity index (χ4v) is 3.35. The Balaban J connectivity index is 2.31. The summed E-state index contributed by atoms with van der Waals surface area (Å²) in [6, 6.07) is 6.09. The number of methoxy groups -OCH3 is 1. The number of benzene rings is 1. The van der Waals surface area contributed by atoms with Gasteiger partial charge in [-0.3, -0.25) is 0 Å². The number of hydrogen-bond acceptors (Lipinski definition) is 5. The van der Waals surface area contributed by atoms with Crippen molar-refractivity contribution in [2.24, 2.45) is 0 Å². The maximum absolute atomic E-state index is 12.2. The van der Waals surface area contributed by atoms with Crippen LogP contribution in [0, 0.1) is 0 Å². The van der Waals surface area contributed by atoms with Crippen molar-refractivity contribution in [1.82, 2.24) is 4.31 Å². The van der Waals surface area contributed by atoms with Gasteiger partial charge in [0.1, 0.15) is 5.75 Å². The molecule has 0 amide bonds. The molecule has 2 atom stereocenters. The molecule has 0 spiro atoms. The van der Waals surface area contributed by atoms with E-state index in [4.69, 9.17) is 4.74 Å². The highest BCUT2D eigenvalue weighted by Gasteiger charge is 2.37. The van der Waals surface area contributed by atoms with Gasteiger partial charge in [-0.2, -0.15) is 4.31 Å². The van der Waals surface area contributed by atoms with E-state index in [1.807, 2.05) is 0 Å². The highest BCUT2D eigenvalue weighted by Crippen LogP contribution is 2.24. The van der Waals surface area contributed by atoms with Gasteiger partial charge >= 0.3 is 0 Å². The first-order valence-corrected chi connectivity index (χ1v) is 6.89. The van der Waals surface area contributed by atoms with Crippen LogP contribution in [-0.4, -0.2) is 55.3 Å². The summed E-state index contributed by atoms with van der Waals surface area (Å²) in [6.07, 6.45) is -2.07. The molecule has 0 radical (unpaired) electrons. The molecule has 1 aromatic rings. The van der Waals surface area contributed by atoms with Crippen LogP contribution in [0.15, 0.2) is 29.2 Å². The first-order chi connectivity index (χ1) is 8.45. The monoisotopic (exact) mass is 273 g/mol. The summed E-state index contributed by atoms with van der Waals surface area (Å²) in [5, 5.41) is 18.8. The molecule has 0 aromatic heterocycles. The standard InChI is InChI=1S/C11H15NO5S/c1-17-8-3-2-4-9(5-8)18(15,16)12-6-10(13)11(14)7-12/h2-5,10-11,13-14H,6-7H2,1H3/t10-,11+. The van der Waals surface area contributed by atoms with Gasteiger partial charge in [-0.05, 0) is 12.1 Å². The predicted molar refractivity (Wildman–Crippen MR) is 63.8 cm³/mol. The number of rotatable bonds is 3. The molecule has 1 fully saturated rings. The molecule has 1 aliphatic rings. The molecule has 1 aliphatic heterocycles. The molecular formula is C11H15NO5S. The summed E-state index contributed by atoms with van der Waals surface area (Å²) in [4.78, 5) is 0.0863. The number of β-amino-alcohol motifs (C(OH)–C–C–N with tert-alkyl or cyclic N) is 2. The summed E-state index contributed by atoms with van der Waals surface area (Å²) in [5.74, 6) is 0.441. The Bertz CT molecular complexity index is 520. The van der Waals surface area contributed by atoms with E-state index >= 15 is 0 Å². The van der Waals surface area contributed by atoms with E-state index in [-0.39, 0.29) is 18.0 Å². The second-order valence-electron chi connectivity index (χ2n) is 4.14. The van der Waals surface area contributed by atoms with Crippen molar-refractivity contribution >= 4 is 10.0 Å². The summed E-state index contributed by atoms with van der Waals surface area (Å²) >= 11 is 0. The number of aliphatic hydroxyl groups is 2. The zero-order valence-corrected chi connectivity index (χ0v) is 10.7. The molecule has 0 saturated carbocycles. The highest BCUT2D eigenvalue weighted by atomic mass is 32.2. The van der Waals surface area contributed by atoms with E-state index in [2.05, 4.69) is 0 Å². The summed E-state index contributed by atoms with van der Waals surface area (Å²) < 4.78 is 30.5. The van der Waals surface area contributed by atoms with Crippen LogP contribution in [-0.2, 0) is 10.0 Å². The van der Waals surface area contributed by atoms with Crippen LogP contribution in [0.2, 0.25) is 0 Å². The lowest BCUT2D eigenvalue weighted by Crippen LogP contribution is -2.29. The Labute approximate surface area is 105 Å². The third-order valence-electron chi connectivity index (χ3n) is 2.90. The topological polar surface area (TPSA) is 87.1 Å². The summed E-state index contributed by atoms with van der Waals surface area (Å²) in [6.45, 7) is -0.193. The Morgan fingerprint density at radius 2 is 1.89 bits per heavy atom.